The van der Waals surface area contributed by atoms with Crippen molar-refractivity contribution in [2.75, 3.05) is 18.5 Å². The average Bonchev–Trinajstić information content (AvgIpc) is 3.09. The minimum absolute atomic E-state index is 0.105. The smallest absolute Gasteiger partial charge is 0.315 e. The number of nitrogens with one attached hydrogen (secondary N) is 1. The van der Waals surface area contributed by atoms with Crippen molar-refractivity contribution >= 4 is 16.9 Å². The molecular formula is C22H30N4O3. The van der Waals surface area contributed by atoms with E-state index in [4.69, 9.17) is 14.1 Å². The van der Waals surface area contributed by atoms with Crippen LogP contribution in [0.5, 0.6) is 5.75 Å². The predicted octanol–water partition coefficient (Wildman–Crippen LogP) is 4.47. The molecule has 1 aromatic carbocycles. The van der Waals surface area contributed by atoms with Crippen LogP contribution in [0.25, 0.3) is 22.5 Å². The topological polar surface area (TPSA) is 93.3 Å². The van der Waals surface area contributed by atoms with E-state index in [-0.39, 0.29) is 11.5 Å². The van der Waals surface area contributed by atoms with E-state index in [1.807, 2.05) is 26.0 Å². The van der Waals surface area contributed by atoms with Gasteiger partial charge in [-0.2, -0.15) is 0 Å². The van der Waals surface area contributed by atoms with Crippen LogP contribution in [0.1, 0.15) is 52.2 Å². The molecular weight excluding hydrogens is 368 g/mol. The number of rotatable bonds is 7. The van der Waals surface area contributed by atoms with Crippen LogP contribution >= 0.6 is 0 Å². The molecule has 2 heterocycles. The maximum Gasteiger partial charge on any atom is 0.315 e. The molecule has 0 unspecified atom stereocenters. The van der Waals surface area contributed by atoms with Crippen molar-refractivity contribution in [3.63, 3.8) is 0 Å². The molecule has 0 spiro atoms. The number of hydrogen-bond donors (Lipinski definition) is 2. The Labute approximate surface area is 171 Å². The summed E-state index contributed by atoms with van der Waals surface area (Å²) in [6.45, 7) is 13.4. The van der Waals surface area contributed by atoms with Crippen molar-refractivity contribution in [3.8, 4) is 17.3 Å². The van der Waals surface area contributed by atoms with Gasteiger partial charge in [-0.3, -0.25) is 0 Å². The van der Waals surface area contributed by atoms with Crippen molar-refractivity contribution in [3.05, 3.63) is 29.3 Å². The highest BCUT2D eigenvalue weighted by atomic mass is 16.5. The quantitative estimate of drug-likeness (QED) is 0.606. The molecule has 0 aliphatic heterocycles. The van der Waals surface area contributed by atoms with Gasteiger partial charge in [-0.15, -0.1) is 5.10 Å². The molecule has 3 aromatic rings. The molecule has 0 fully saturated rings. The van der Waals surface area contributed by atoms with Crippen molar-refractivity contribution < 1.29 is 14.3 Å². The van der Waals surface area contributed by atoms with E-state index in [0.29, 0.717) is 37.2 Å². The lowest BCUT2D eigenvalue weighted by molar-refractivity contribution is 0.188. The molecule has 2 N–H and O–H groups in total. The summed E-state index contributed by atoms with van der Waals surface area (Å²) in [5.74, 6) is 1.22. The molecule has 0 aliphatic rings. The number of aliphatic hydroxyl groups is 1. The van der Waals surface area contributed by atoms with Crippen LogP contribution < -0.4 is 10.1 Å². The van der Waals surface area contributed by atoms with Gasteiger partial charge < -0.3 is 19.6 Å². The van der Waals surface area contributed by atoms with Crippen molar-refractivity contribution in [1.29, 1.82) is 0 Å². The zero-order chi connectivity index (χ0) is 21.2. The number of nitrogens with zero attached hydrogens (tertiary/aromatic N) is 3. The van der Waals surface area contributed by atoms with Gasteiger partial charge in [0.1, 0.15) is 11.4 Å². The number of pyridine rings is 1. The fourth-order valence-corrected chi connectivity index (χ4v) is 3.18. The zero-order valence-electron chi connectivity index (χ0n) is 18.0. The fraction of sp³-hybridized carbons (Fsp3) is 0.500. The minimum atomic E-state index is -0.382. The van der Waals surface area contributed by atoms with E-state index in [2.05, 4.69) is 42.4 Å². The van der Waals surface area contributed by atoms with Crippen molar-refractivity contribution in [2.24, 2.45) is 0 Å². The van der Waals surface area contributed by atoms with E-state index < -0.39 is 0 Å². The van der Waals surface area contributed by atoms with E-state index in [0.717, 1.165) is 27.8 Å². The summed E-state index contributed by atoms with van der Waals surface area (Å²) in [6.07, 6.45) is 0.217. The molecule has 7 nitrogen and oxygen atoms in total. The molecule has 0 saturated carbocycles. The molecule has 156 valence electrons. The standard InChI is InChI=1S/C22H30N4O3/c1-7-28-15-11-16-13(2)10-18(24-19(16)17(12-15)22(4,5)6)20-25-26-21(29-20)23-9-8-14(3)27/h10-12,14,27H,7-9H2,1-6H3,(H,23,26)/t14-/m1/s1. The van der Waals surface area contributed by atoms with E-state index in [1.165, 1.54) is 0 Å². The Kier molecular flexibility index (Phi) is 6.07. The maximum atomic E-state index is 9.36. The number of aromatic nitrogens is 3. The first-order chi connectivity index (χ1) is 13.7. The first-order valence-electron chi connectivity index (χ1n) is 10.0. The third-order valence-electron chi connectivity index (χ3n) is 4.70. The molecule has 7 heteroatoms. The highest BCUT2D eigenvalue weighted by Crippen LogP contribution is 2.36. The van der Waals surface area contributed by atoms with Crippen LogP contribution in [0.3, 0.4) is 0 Å². The van der Waals surface area contributed by atoms with Crippen LogP contribution in [-0.4, -0.2) is 39.5 Å². The van der Waals surface area contributed by atoms with Gasteiger partial charge >= 0.3 is 6.01 Å². The Morgan fingerprint density at radius 3 is 2.62 bits per heavy atom. The van der Waals surface area contributed by atoms with Crippen LogP contribution in [0.4, 0.5) is 6.01 Å². The van der Waals surface area contributed by atoms with Gasteiger partial charge in [-0.1, -0.05) is 25.9 Å². The van der Waals surface area contributed by atoms with Gasteiger partial charge in [0.15, 0.2) is 0 Å². The molecule has 29 heavy (non-hydrogen) atoms. The maximum absolute atomic E-state index is 9.36. The second-order valence-corrected chi connectivity index (χ2v) is 8.35. The van der Waals surface area contributed by atoms with Crippen LogP contribution in [0.15, 0.2) is 22.6 Å². The molecule has 2 aromatic heterocycles. The average molecular weight is 399 g/mol. The van der Waals surface area contributed by atoms with Gasteiger partial charge in [0, 0.05) is 11.9 Å². The van der Waals surface area contributed by atoms with E-state index in [1.54, 1.807) is 6.92 Å². The summed E-state index contributed by atoms with van der Waals surface area (Å²) in [4.78, 5) is 4.88. The summed E-state index contributed by atoms with van der Waals surface area (Å²) in [5, 5.41) is 21.6. The van der Waals surface area contributed by atoms with Gasteiger partial charge in [0.25, 0.3) is 5.89 Å². The van der Waals surface area contributed by atoms with Crippen molar-refractivity contribution in [1.82, 2.24) is 15.2 Å². The fourth-order valence-electron chi connectivity index (χ4n) is 3.18. The summed E-state index contributed by atoms with van der Waals surface area (Å²) >= 11 is 0. The Morgan fingerprint density at radius 1 is 1.21 bits per heavy atom. The first-order valence-corrected chi connectivity index (χ1v) is 10.0. The Morgan fingerprint density at radius 2 is 1.97 bits per heavy atom. The Hall–Kier alpha value is -2.67. The summed E-state index contributed by atoms with van der Waals surface area (Å²) in [7, 11) is 0. The molecule has 0 aliphatic carbocycles. The third kappa shape index (κ3) is 4.85. The Balaban J connectivity index is 2.03. The summed E-state index contributed by atoms with van der Waals surface area (Å²) < 4.78 is 11.5. The Bertz CT molecular complexity index is 990. The first kappa shape index (κ1) is 21.0. The number of hydrogen-bond acceptors (Lipinski definition) is 7. The molecule has 0 amide bonds. The van der Waals surface area contributed by atoms with Gasteiger partial charge in [-0.25, -0.2) is 4.98 Å². The number of ether oxygens (including phenoxy) is 1. The van der Waals surface area contributed by atoms with Gasteiger partial charge in [-0.05, 0) is 61.9 Å². The molecule has 0 saturated heterocycles. The normalized spacial score (nSPS) is 12.9. The highest BCUT2D eigenvalue weighted by Gasteiger charge is 2.22. The largest absolute Gasteiger partial charge is 0.494 e. The lowest BCUT2D eigenvalue weighted by atomic mass is 9.84. The number of benzene rings is 1. The summed E-state index contributed by atoms with van der Waals surface area (Å²) in [6, 6.07) is 6.39. The zero-order valence-corrected chi connectivity index (χ0v) is 18.0. The summed E-state index contributed by atoms with van der Waals surface area (Å²) in [5.41, 5.74) is 3.63. The van der Waals surface area contributed by atoms with Gasteiger partial charge in [0.05, 0.1) is 18.2 Å². The third-order valence-corrected chi connectivity index (χ3v) is 4.70. The van der Waals surface area contributed by atoms with Crippen LogP contribution in [-0.2, 0) is 5.41 Å². The van der Waals surface area contributed by atoms with Gasteiger partial charge in [0.2, 0.25) is 0 Å². The van der Waals surface area contributed by atoms with Crippen molar-refractivity contribution in [2.45, 2.75) is 59.5 Å². The minimum Gasteiger partial charge on any atom is -0.494 e. The lowest BCUT2D eigenvalue weighted by Crippen LogP contribution is -2.13. The molecule has 1 atom stereocenters. The lowest BCUT2D eigenvalue weighted by Gasteiger charge is -2.22. The van der Waals surface area contributed by atoms with E-state index in [9.17, 15) is 5.11 Å². The number of anilines is 1. The highest BCUT2D eigenvalue weighted by molar-refractivity contribution is 5.89. The number of aliphatic hydroxyl groups excluding tert-OH is 1. The second-order valence-electron chi connectivity index (χ2n) is 8.35. The SMILES string of the molecule is CCOc1cc(C(C)(C)C)c2nc(-c3nnc(NCC[C@@H](C)O)o3)cc(C)c2c1. The van der Waals surface area contributed by atoms with Crippen LogP contribution in [0, 0.1) is 6.92 Å². The van der Waals surface area contributed by atoms with E-state index >= 15 is 0 Å². The molecule has 3 rings (SSSR count). The monoisotopic (exact) mass is 398 g/mol. The molecule has 0 bridgehead atoms. The second kappa shape index (κ2) is 8.37. The predicted molar refractivity (Wildman–Crippen MR) is 114 cm³/mol. The number of aryl methyl sites for hydroxylation is 1. The number of fused-ring (bicyclic) bond motifs is 1. The van der Waals surface area contributed by atoms with Crippen LogP contribution in [0.2, 0.25) is 0 Å². The molecule has 0 radical (unpaired) electrons.